The molecule has 0 aliphatic carbocycles. The summed E-state index contributed by atoms with van der Waals surface area (Å²) in [6, 6.07) is 5.24. The molecule has 0 saturated carbocycles. The smallest absolute Gasteiger partial charge is 0.343 e. The Morgan fingerprint density at radius 3 is 2.93 bits per heavy atom. The first-order valence-corrected chi connectivity index (χ1v) is 9.11. The van der Waals surface area contributed by atoms with Crippen molar-refractivity contribution in [1.29, 1.82) is 0 Å². The van der Waals surface area contributed by atoms with E-state index in [4.69, 9.17) is 9.47 Å². The Bertz CT molecular complexity index is 1040. The van der Waals surface area contributed by atoms with E-state index < -0.39 is 11.5 Å². The van der Waals surface area contributed by atoms with E-state index in [-0.39, 0.29) is 24.1 Å². The maximum atomic E-state index is 12.8. The number of aromatic carboxylic acids is 1. The molecule has 2 aliphatic heterocycles. The molecule has 0 radical (unpaired) electrons. The standard InChI is InChI=1S/C19H20N4O5/c1-3-12-16(19(25)26)18(24)23-10(2)4-6-13(17(23)20-12)22-21-11-5-7-14-15(8-11)28-9-27-14/h5,7-8,10,21H,3-4,6,9H2,1-2H3,(H,25,26). The summed E-state index contributed by atoms with van der Waals surface area (Å²) < 4.78 is 12.1. The first-order valence-electron chi connectivity index (χ1n) is 9.11. The molecule has 146 valence electrons. The molecule has 9 nitrogen and oxygen atoms in total. The van der Waals surface area contributed by atoms with Gasteiger partial charge < -0.3 is 14.6 Å². The van der Waals surface area contributed by atoms with Gasteiger partial charge in [-0.15, -0.1) is 0 Å². The van der Waals surface area contributed by atoms with Crippen LogP contribution in [0.2, 0.25) is 0 Å². The topological polar surface area (TPSA) is 115 Å². The Morgan fingerprint density at radius 1 is 1.39 bits per heavy atom. The molecule has 1 unspecified atom stereocenters. The van der Waals surface area contributed by atoms with Gasteiger partial charge in [-0.1, -0.05) is 6.92 Å². The number of nitrogens with one attached hydrogen (secondary N) is 1. The third-order valence-electron chi connectivity index (χ3n) is 4.93. The van der Waals surface area contributed by atoms with Crippen LogP contribution in [0.3, 0.4) is 0 Å². The molecule has 3 heterocycles. The van der Waals surface area contributed by atoms with E-state index in [9.17, 15) is 14.7 Å². The molecule has 1 aromatic heterocycles. The van der Waals surface area contributed by atoms with Crippen molar-refractivity contribution in [2.24, 2.45) is 5.10 Å². The van der Waals surface area contributed by atoms with E-state index >= 15 is 0 Å². The number of carboxylic acid groups (broad SMARTS) is 1. The highest BCUT2D eigenvalue weighted by Gasteiger charge is 2.29. The number of aromatic nitrogens is 2. The molecule has 2 aromatic rings. The molecule has 1 aromatic carbocycles. The van der Waals surface area contributed by atoms with Crippen LogP contribution in [0, 0.1) is 0 Å². The Kier molecular flexibility index (Phi) is 4.50. The molecule has 28 heavy (non-hydrogen) atoms. The van der Waals surface area contributed by atoms with Crippen LogP contribution in [-0.4, -0.2) is 33.1 Å². The van der Waals surface area contributed by atoms with Crippen molar-refractivity contribution in [3.8, 4) is 11.5 Å². The van der Waals surface area contributed by atoms with E-state index in [0.717, 1.165) is 0 Å². The molecule has 0 spiro atoms. The SMILES string of the molecule is CCc1nc2n(c(=O)c1C(=O)O)C(C)CCC2=NNc1ccc2c(c1)OCO2. The highest BCUT2D eigenvalue weighted by molar-refractivity contribution is 5.99. The molecule has 2 N–H and O–H groups in total. The van der Waals surface area contributed by atoms with E-state index in [0.29, 0.717) is 48.0 Å². The van der Waals surface area contributed by atoms with Gasteiger partial charge in [0.05, 0.1) is 11.4 Å². The summed E-state index contributed by atoms with van der Waals surface area (Å²) in [5.74, 6) is 0.479. The average molecular weight is 384 g/mol. The van der Waals surface area contributed by atoms with Gasteiger partial charge in [0.25, 0.3) is 5.56 Å². The zero-order chi connectivity index (χ0) is 19.8. The minimum atomic E-state index is -1.25. The minimum absolute atomic E-state index is 0.150. The molecule has 2 aliphatic rings. The number of anilines is 1. The number of ether oxygens (including phenoxy) is 2. The van der Waals surface area contributed by atoms with E-state index in [1.54, 1.807) is 19.1 Å². The van der Waals surface area contributed by atoms with Crippen LogP contribution >= 0.6 is 0 Å². The van der Waals surface area contributed by atoms with Crippen molar-refractivity contribution in [2.75, 3.05) is 12.2 Å². The van der Waals surface area contributed by atoms with Crippen LogP contribution in [-0.2, 0) is 6.42 Å². The predicted octanol–water partition coefficient (Wildman–Crippen LogP) is 2.40. The van der Waals surface area contributed by atoms with Crippen molar-refractivity contribution in [2.45, 2.75) is 39.2 Å². The molecule has 0 fully saturated rings. The Balaban J connectivity index is 1.74. The number of benzene rings is 1. The lowest BCUT2D eigenvalue weighted by Gasteiger charge is -2.26. The monoisotopic (exact) mass is 384 g/mol. The van der Waals surface area contributed by atoms with Gasteiger partial charge in [-0.05, 0) is 38.3 Å². The Labute approximate surface area is 160 Å². The zero-order valence-electron chi connectivity index (χ0n) is 15.6. The molecule has 0 amide bonds. The van der Waals surface area contributed by atoms with Gasteiger partial charge in [0.2, 0.25) is 6.79 Å². The Hall–Kier alpha value is -3.36. The molecule has 4 rings (SSSR count). The van der Waals surface area contributed by atoms with Crippen molar-refractivity contribution >= 4 is 17.4 Å². The Morgan fingerprint density at radius 2 is 2.18 bits per heavy atom. The quantitative estimate of drug-likeness (QED) is 0.778. The molecule has 9 heteroatoms. The van der Waals surface area contributed by atoms with Crippen molar-refractivity contribution in [3.05, 3.63) is 45.6 Å². The van der Waals surface area contributed by atoms with E-state index in [1.165, 1.54) is 4.57 Å². The normalized spacial score (nSPS) is 18.8. The number of carbonyl (C=O) groups is 1. The first kappa shape index (κ1) is 18.0. The average Bonchev–Trinajstić information content (AvgIpc) is 3.14. The van der Waals surface area contributed by atoms with Gasteiger partial charge in [-0.3, -0.25) is 14.8 Å². The van der Waals surface area contributed by atoms with Gasteiger partial charge in [-0.25, -0.2) is 9.78 Å². The summed E-state index contributed by atoms with van der Waals surface area (Å²) in [6.45, 7) is 3.85. The number of hydrogen-bond acceptors (Lipinski definition) is 7. The minimum Gasteiger partial charge on any atom is -0.477 e. The lowest BCUT2D eigenvalue weighted by atomic mass is 10.0. The van der Waals surface area contributed by atoms with Crippen LogP contribution in [0.5, 0.6) is 11.5 Å². The second-order valence-corrected chi connectivity index (χ2v) is 6.72. The molecular weight excluding hydrogens is 364 g/mol. The zero-order valence-corrected chi connectivity index (χ0v) is 15.6. The van der Waals surface area contributed by atoms with Crippen molar-refractivity contribution in [3.63, 3.8) is 0 Å². The fourth-order valence-corrected chi connectivity index (χ4v) is 3.45. The van der Waals surface area contributed by atoms with E-state index in [2.05, 4.69) is 15.5 Å². The number of fused-ring (bicyclic) bond motifs is 2. The summed E-state index contributed by atoms with van der Waals surface area (Å²) in [6.07, 6.45) is 1.64. The van der Waals surface area contributed by atoms with Gasteiger partial charge in [-0.2, -0.15) is 5.10 Å². The summed E-state index contributed by atoms with van der Waals surface area (Å²) in [5.41, 5.74) is 3.78. The number of hydrazone groups is 1. The van der Waals surface area contributed by atoms with E-state index in [1.807, 2.05) is 13.0 Å². The number of aryl methyl sites for hydroxylation is 1. The largest absolute Gasteiger partial charge is 0.477 e. The van der Waals surface area contributed by atoms with Crippen LogP contribution in [0.4, 0.5) is 5.69 Å². The first-order chi connectivity index (χ1) is 13.5. The summed E-state index contributed by atoms with van der Waals surface area (Å²) >= 11 is 0. The molecule has 0 bridgehead atoms. The number of hydrogen-bond donors (Lipinski definition) is 2. The second-order valence-electron chi connectivity index (χ2n) is 6.72. The third kappa shape index (κ3) is 2.98. The lowest BCUT2D eigenvalue weighted by Crippen LogP contribution is -2.38. The summed E-state index contributed by atoms with van der Waals surface area (Å²) in [5, 5.41) is 13.9. The van der Waals surface area contributed by atoms with Crippen molar-refractivity contribution < 1.29 is 19.4 Å². The molecule has 1 atom stereocenters. The second kappa shape index (κ2) is 6.99. The number of rotatable bonds is 4. The van der Waals surface area contributed by atoms with Crippen LogP contribution < -0.4 is 20.5 Å². The maximum absolute atomic E-state index is 12.8. The summed E-state index contributed by atoms with van der Waals surface area (Å²) in [4.78, 5) is 28.9. The van der Waals surface area contributed by atoms with Gasteiger partial charge in [0, 0.05) is 12.1 Å². The molecule has 0 saturated heterocycles. The third-order valence-corrected chi connectivity index (χ3v) is 4.93. The fourth-order valence-electron chi connectivity index (χ4n) is 3.45. The van der Waals surface area contributed by atoms with Gasteiger partial charge >= 0.3 is 5.97 Å². The van der Waals surface area contributed by atoms with Gasteiger partial charge in [0.15, 0.2) is 17.3 Å². The van der Waals surface area contributed by atoms with Crippen LogP contribution in [0.15, 0.2) is 28.1 Å². The van der Waals surface area contributed by atoms with Crippen LogP contribution in [0.1, 0.15) is 54.6 Å². The highest BCUT2D eigenvalue weighted by Crippen LogP contribution is 2.34. The van der Waals surface area contributed by atoms with Gasteiger partial charge in [0.1, 0.15) is 11.3 Å². The van der Waals surface area contributed by atoms with Crippen LogP contribution in [0.25, 0.3) is 0 Å². The number of nitrogens with zero attached hydrogens (tertiary/aromatic N) is 3. The van der Waals surface area contributed by atoms with Crippen molar-refractivity contribution in [1.82, 2.24) is 9.55 Å². The number of carboxylic acids is 1. The molecular formula is C19H20N4O5. The summed E-state index contributed by atoms with van der Waals surface area (Å²) in [7, 11) is 0. The highest BCUT2D eigenvalue weighted by atomic mass is 16.7. The predicted molar refractivity (Wildman–Crippen MR) is 102 cm³/mol. The lowest BCUT2D eigenvalue weighted by molar-refractivity contribution is 0.0692. The fraction of sp³-hybridized carbons (Fsp3) is 0.368. The maximum Gasteiger partial charge on any atom is 0.343 e.